The van der Waals surface area contributed by atoms with Gasteiger partial charge < -0.3 is 5.48 Å². The van der Waals surface area contributed by atoms with Gasteiger partial charge in [-0.25, -0.2) is 0 Å². The minimum atomic E-state index is -0.740. The van der Waals surface area contributed by atoms with Crippen molar-refractivity contribution in [2.75, 3.05) is 6.61 Å². The van der Waals surface area contributed by atoms with Crippen molar-refractivity contribution in [2.45, 2.75) is 19.8 Å². The minimum Gasteiger partial charge on any atom is -0.412 e. The molecule has 0 saturated heterocycles. The number of hydrogen-bond donors (Lipinski definition) is 0. The molecule has 2 nitrogen and oxygen atoms in total. The fourth-order valence-corrected chi connectivity index (χ4v) is 1.47. The fourth-order valence-electron chi connectivity index (χ4n) is 0.258. The van der Waals surface area contributed by atoms with Crippen LogP contribution in [0.2, 0.25) is 0 Å². The van der Waals surface area contributed by atoms with Gasteiger partial charge in [0.2, 0.25) is 0 Å². The van der Waals surface area contributed by atoms with E-state index >= 15 is 0 Å². The first-order valence-corrected chi connectivity index (χ1v) is 7.47. The normalized spacial score (nSPS) is 7.62. The van der Waals surface area contributed by atoms with Crippen LogP contribution in [0.15, 0.2) is 0 Å². The largest absolute Gasteiger partial charge is 0.412 e. The van der Waals surface area contributed by atoms with E-state index in [1.54, 1.807) is 0 Å². The van der Waals surface area contributed by atoms with Crippen LogP contribution in [-0.2, 0) is 3.07 Å². The molecule has 0 atom stereocenters. The van der Waals surface area contributed by atoms with Crippen LogP contribution in [-0.4, -0.2) is 31.7 Å². The van der Waals surface area contributed by atoms with Crippen LogP contribution in [0.25, 0.3) is 0 Å². The molecule has 8 heavy (non-hydrogen) atoms. The second-order valence-corrected chi connectivity index (χ2v) is 3.70. The molecule has 0 fully saturated rings. The summed E-state index contributed by atoms with van der Waals surface area (Å²) in [4.78, 5) is 0. The Balaban J connectivity index is 0. The van der Waals surface area contributed by atoms with Crippen molar-refractivity contribution in [2.24, 2.45) is 0 Å². The van der Waals surface area contributed by atoms with E-state index in [1.807, 2.05) is 0 Å². The Morgan fingerprint density at radius 3 is 2.62 bits per heavy atom. The molecule has 0 aromatic carbocycles. The number of rotatable bonds is 4. The average molecular weight is 242 g/mol. The first-order chi connectivity index (χ1) is 3.41. The zero-order chi connectivity index (χ0) is 5.54. The van der Waals surface area contributed by atoms with Crippen LogP contribution < -0.4 is 0 Å². The molecule has 0 aliphatic carbocycles. The van der Waals surface area contributed by atoms with E-state index in [2.05, 4.69) is 6.92 Å². The van der Waals surface area contributed by atoms with Crippen LogP contribution in [0.4, 0.5) is 0 Å². The predicted octanol–water partition coefficient (Wildman–Crippen LogP) is 0.710. The molecule has 0 bridgehead atoms. The standard InChI is InChI=1S/C4H9O.H2O.S.Sn/c1-2-3-4-5;;;/h2-4H2,1H3;1H2;;/q-1;;;+1. The maximum Gasteiger partial charge on any atom is -0.412 e. The van der Waals surface area contributed by atoms with Crippen LogP contribution in [0, 0.1) is 0 Å². The molecule has 0 aromatic heterocycles. The maximum absolute atomic E-state index is 5.06. The van der Waals surface area contributed by atoms with E-state index in [1.165, 1.54) is 12.8 Å². The van der Waals surface area contributed by atoms with E-state index in [9.17, 15) is 0 Å². The van der Waals surface area contributed by atoms with Crippen molar-refractivity contribution < 1.29 is 8.55 Å². The Morgan fingerprint density at radius 1 is 1.62 bits per heavy atom. The quantitative estimate of drug-likeness (QED) is 0.538. The topological polar surface area (TPSA) is 40.7 Å². The maximum atomic E-state index is 5.06. The van der Waals surface area contributed by atoms with Gasteiger partial charge in [0, 0.05) is 0 Å². The molecule has 0 amide bonds. The van der Waals surface area contributed by atoms with Crippen molar-refractivity contribution in [3.63, 3.8) is 0 Å². The minimum absolute atomic E-state index is 0. The zero-order valence-corrected chi connectivity index (χ0v) is 8.61. The average Bonchev–Trinajstić information content (AvgIpc) is 1.69. The summed E-state index contributed by atoms with van der Waals surface area (Å²) in [5.74, 6) is 0. The summed E-state index contributed by atoms with van der Waals surface area (Å²) >= 11 is -0.740. The third-order valence-corrected chi connectivity index (χ3v) is 2.37. The molecule has 0 heterocycles. The molecule has 1 radical (unpaired) electrons. The van der Waals surface area contributed by atoms with Gasteiger partial charge in [-0.3, -0.25) is 0 Å². The van der Waals surface area contributed by atoms with Crippen molar-refractivity contribution in [3.05, 3.63) is 0 Å². The smallest absolute Gasteiger partial charge is 0.412 e. The Bertz CT molecular complexity index is 51.3. The summed E-state index contributed by atoms with van der Waals surface area (Å²) < 4.78 is 5.06. The first kappa shape index (κ1) is 11.7. The molecule has 0 aromatic rings. The third-order valence-electron chi connectivity index (χ3n) is 0.659. The van der Waals surface area contributed by atoms with Gasteiger partial charge in [0.25, 0.3) is 0 Å². The van der Waals surface area contributed by atoms with Gasteiger partial charge >= 0.3 is 58.3 Å². The van der Waals surface area contributed by atoms with E-state index in [0.717, 1.165) is 6.61 Å². The number of unbranched alkanes of at least 4 members (excludes halogenated alkanes) is 1. The van der Waals surface area contributed by atoms with E-state index in [4.69, 9.17) is 12.4 Å². The summed E-state index contributed by atoms with van der Waals surface area (Å²) in [6, 6.07) is 0. The van der Waals surface area contributed by atoms with Gasteiger partial charge in [-0.15, -0.1) is 0 Å². The number of hydrogen-bond acceptors (Lipinski definition) is 2. The summed E-state index contributed by atoms with van der Waals surface area (Å²) in [7, 11) is 4.71. The van der Waals surface area contributed by atoms with E-state index in [-0.39, 0.29) is 5.48 Å². The SMILES string of the molecule is CCCC[O][Sn]=[S].O. The van der Waals surface area contributed by atoms with Gasteiger partial charge in [-0.2, -0.15) is 0 Å². The molecule has 0 aliphatic heterocycles. The molecule has 0 rings (SSSR count). The van der Waals surface area contributed by atoms with Gasteiger partial charge in [0.15, 0.2) is 0 Å². The summed E-state index contributed by atoms with van der Waals surface area (Å²) in [5, 5.41) is 0. The van der Waals surface area contributed by atoms with Gasteiger partial charge in [0.1, 0.15) is 0 Å². The summed E-state index contributed by atoms with van der Waals surface area (Å²) in [6.45, 7) is 3.06. The van der Waals surface area contributed by atoms with Gasteiger partial charge in [-0.1, -0.05) is 0 Å². The van der Waals surface area contributed by atoms with Crippen molar-refractivity contribution >= 4 is 28.9 Å². The second kappa shape index (κ2) is 10.8. The summed E-state index contributed by atoms with van der Waals surface area (Å²) in [6.07, 6.45) is 2.40. The van der Waals surface area contributed by atoms with E-state index in [0.29, 0.717) is 0 Å². The molecule has 0 saturated carbocycles. The first-order valence-electron chi connectivity index (χ1n) is 2.40. The van der Waals surface area contributed by atoms with Crippen LogP contribution in [0.3, 0.4) is 0 Å². The Labute approximate surface area is 63.8 Å². The van der Waals surface area contributed by atoms with Crippen LogP contribution >= 0.6 is 9.29 Å². The summed E-state index contributed by atoms with van der Waals surface area (Å²) in [5.41, 5.74) is 0. The van der Waals surface area contributed by atoms with Crippen molar-refractivity contribution in [1.29, 1.82) is 0 Å². The molecule has 2 N–H and O–H groups in total. The van der Waals surface area contributed by atoms with E-state index < -0.39 is 19.6 Å². The molecule has 0 aliphatic rings. The second-order valence-electron chi connectivity index (χ2n) is 1.29. The van der Waals surface area contributed by atoms with Crippen LogP contribution in [0.1, 0.15) is 19.8 Å². The van der Waals surface area contributed by atoms with Crippen LogP contribution in [0.5, 0.6) is 0 Å². The molecule has 0 spiro atoms. The van der Waals surface area contributed by atoms with Crippen molar-refractivity contribution in [3.8, 4) is 0 Å². The predicted molar refractivity (Wildman–Crippen MR) is 37.8 cm³/mol. The van der Waals surface area contributed by atoms with Gasteiger partial charge in [-0.05, 0) is 0 Å². The Kier molecular flexibility index (Phi) is 15.9. The molecular formula is C4H11O2SSn. The van der Waals surface area contributed by atoms with Crippen molar-refractivity contribution in [1.82, 2.24) is 0 Å². The Hall–Kier alpha value is 0.939. The van der Waals surface area contributed by atoms with Gasteiger partial charge in [0.05, 0.1) is 0 Å². The molecule has 4 heteroatoms. The Morgan fingerprint density at radius 2 is 2.25 bits per heavy atom. The molecular weight excluding hydrogens is 231 g/mol. The fraction of sp³-hybridized carbons (Fsp3) is 1.00. The monoisotopic (exact) mass is 243 g/mol. The zero-order valence-electron chi connectivity index (χ0n) is 4.94. The molecule has 0 unspecified atom stereocenters. The third kappa shape index (κ3) is 10.0. The molecule has 49 valence electrons.